The minimum Gasteiger partial charge on any atom is -0.472 e. The maximum Gasteiger partial charge on any atom is 0.434 e. The maximum atomic E-state index is 13.0. The molecule has 110 valence electrons. The first-order chi connectivity index (χ1) is 9.38. The van der Waals surface area contributed by atoms with E-state index in [1.54, 1.807) is 6.07 Å². The topological polar surface area (TPSA) is 38.1 Å². The van der Waals surface area contributed by atoms with Crippen LogP contribution in [-0.4, -0.2) is 11.5 Å². The van der Waals surface area contributed by atoms with Crippen LogP contribution in [0, 0.1) is 5.92 Å². The van der Waals surface area contributed by atoms with Crippen molar-refractivity contribution in [2.24, 2.45) is 5.92 Å². The van der Waals surface area contributed by atoms with Crippen LogP contribution in [0.3, 0.4) is 0 Å². The number of nitrogens with one attached hydrogen (secondary N) is 1. The Hall–Kier alpha value is -1.34. The van der Waals surface area contributed by atoms with Crippen molar-refractivity contribution in [3.8, 4) is 10.6 Å². The summed E-state index contributed by atoms with van der Waals surface area (Å²) in [6.45, 7) is 4.83. The van der Waals surface area contributed by atoms with Crippen molar-refractivity contribution >= 4 is 11.3 Å². The highest BCUT2D eigenvalue weighted by Gasteiger charge is 2.37. The molecular formula is C13H15F3N2OS. The summed E-state index contributed by atoms with van der Waals surface area (Å²) in [5.74, 6) is 0.380. The Morgan fingerprint density at radius 1 is 1.40 bits per heavy atom. The van der Waals surface area contributed by atoms with Gasteiger partial charge in [0.05, 0.1) is 11.1 Å². The Kier molecular flexibility index (Phi) is 4.49. The zero-order valence-electron chi connectivity index (χ0n) is 11.1. The van der Waals surface area contributed by atoms with Gasteiger partial charge in [-0.05, 0) is 18.5 Å². The molecule has 0 aliphatic rings. The Labute approximate surface area is 118 Å². The van der Waals surface area contributed by atoms with Gasteiger partial charge in [0, 0.05) is 12.1 Å². The first-order valence-electron chi connectivity index (χ1n) is 6.18. The molecule has 0 atom stereocenters. The molecule has 0 radical (unpaired) electrons. The van der Waals surface area contributed by atoms with E-state index in [9.17, 15) is 13.2 Å². The molecule has 2 heterocycles. The van der Waals surface area contributed by atoms with Crippen molar-refractivity contribution in [2.45, 2.75) is 26.6 Å². The number of hydrogen-bond acceptors (Lipinski definition) is 4. The standard InChI is InChI=1S/C13H15F3N2OS/c1-8(2)5-17-6-10-11(13(14,15)16)18-12(20-10)9-3-4-19-7-9/h3-4,7-8,17H,5-6H2,1-2H3. The van der Waals surface area contributed by atoms with E-state index in [-0.39, 0.29) is 11.4 Å². The van der Waals surface area contributed by atoms with Crippen LogP contribution in [0.4, 0.5) is 13.2 Å². The zero-order valence-corrected chi connectivity index (χ0v) is 11.9. The molecule has 0 spiro atoms. The Morgan fingerprint density at radius 2 is 2.15 bits per heavy atom. The fourth-order valence-electron chi connectivity index (χ4n) is 1.68. The van der Waals surface area contributed by atoms with Crippen LogP contribution in [-0.2, 0) is 12.7 Å². The molecule has 0 amide bonds. The number of alkyl halides is 3. The lowest BCUT2D eigenvalue weighted by molar-refractivity contribution is -0.141. The minimum atomic E-state index is -4.44. The molecule has 3 nitrogen and oxygen atoms in total. The number of thiazole rings is 1. The van der Waals surface area contributed by atoms with E-state index in [2.05, 4.69) is 10.3 Å². The average Bonchev–Trinajstić information content (AvgIpc) is 2.94. The molecule has 2 aromatic heterocycles. The lowest BCUT2D eigenvalue weighted by Crippen LogP contribution is -2.20. The molecule has 0 bridgehead atoms. The number of rotatable bonds is 5. The quantitative estimate of drug-likeness (QED) is 0.901. The second kappa shape index (κ2) is 5.97. The summed E-state index contributed by atoms with van der Waals surface area (Å²) in [6, 6.07) is 1.60. The second-order valence-corrected chi connectivity index (χ2v) is 5.91. The van der Waals surface area contributed by atoms with E-state index in [4.69, 9.17) is 4.42 Å². The van der Waals surface area contributed by atoms with Crippen LogP contribution in [0.5, 0.6) is 0 Å². The molecule has 0 aliphatic carbocycles. The van der Waals surface area contributed by atoms with Crippen LogP contribution < -0.4 is 5.32 Å². The van der Waals surface area contributed by atoms with Crippen LogP contribution in [0.2, 0.25) is 0 Å². The number of aromatic nitrogens is 1. The monoisotopic (exact) mass is 304 g/mol. The van der Waals surface area contributed by atoms with Crippen LogP contribution in [0.15, 0.2) is 23.0 Å². The average molecular weight is 304 g/mol. The van der Waals surface area contributed by atoms with E-state index in [0.29, 0.717) is 23.0 Å². The van der Waals surface area contributed by atoms with Gasteiger partial charge in [0.15, 0.2) is 5.69 Å². The summed E-state index contributed by atoms with van der Waals surface area (Å²) >= 11 is 1.04. The lowest BCUT2D eigenvalue weighted by Gasteiger charge is -2.08. The third-order valence-corrected chi connectivity index (χ3v) is 3.68. The highest BCUT2D eigenvalue weighted by atomic mass is 32.1. The molecule has 7 heteroatoms. The molecule has 20 heavy (non-hydrogen) atoms. The van der Waals surface area contributed by atoms with Crippen molar-refractivity contribution in [3.63, 3.8) is 0 Å². The SMILES string of the molecule is CC(C)CNCc1sc(-c2ccoc2)nc1C(F)(F)F. The summed E-state index contributed by atoms with van der Waals surface area (Å²) in [4.78, 5) is 3.92. The molecule has 2 aromatic rings. The van der Waals surface area contributed by atoms with Gasteiger partial charge in [-0.1, -0.05) is 13.8 Å². The molecular weight excluding hydrogens is 289 g/mol. The first kappa shape index (κ1) is 15.1. The number of hydrogen-bond donors (Lipinski definition) is 1. The van der Waals surface area contributed by atoms with Crippen LogP contribution >= 0.6 is 11.3 Å². The fourth-order valence-corrected chi connectivity index (χ4v) is 2.71. The zero-order chi connectivity index (χ0) is 14.8. The summed E-state index contributed by atoms with van der Waals surface area (Å²) in [5.41, 5.74) is -0.245. The molecule has 2 rings (SSSR count). The Morgan fingerprint density at radius 3 is 2.70 bits per heavy atom. The summed E-state index contributed by atoms with van der Waals surface area (Å²) in [5, 5.41) is 3.35. The summed E-state index contributed by atoms with van der Waals surface area (Å²) in [6.07, 6.45) is -1.63. The fraction of sp³-hybridized carbons (Fsp3) is 0.462. The van der Waals surface area contributed by atoms with Crippen molar-refractivity contribution in [2.75, 3.05) is 6.54 Å². The maximum absolute atomic E-state index is 13.0. The Balaban J connectivity index is 2.24. The van der Waals surface area contributed by atoms with Gasteiger partial charge >= 0.3 is 6.18 Å². The summed E-state index contributed by atoms with van der Waals surface area (Å²) in [7, 11) is 0. The van der Waals surface area contributed by atoms with Crippen molar-refractivity contribution in [3.05, 3.63) is 29.2 Å². The normalized spacial score (nSPS) is 12.3. The van der Waals surface area contributed by atoms with E-state index in [0.717, 1.165) is 11.3 Å². The highest BCUT2D eigenvalue weighted by Crippen LogP contribution is 2.37. The number of halogens is 3. The van der Waals surface area contributed by atoms with Crippen molar-refractivity contribution in [1.82, 2.24) is 10.3 Å². The predicted molar refractivity (Wildman–Crippen MR) is 71.4 cm³/mol. The van der Waals surface area contributed by atoms with Gasteiger partial charge in [-0.2, -0.15) is 13.2 Å². The Bertz CT molecular complexity index is 546. The van der Waals surface area contributed by atoms with Gasteiger partial charge in [-0.25, -0.2) is 4.98 Å². The largest absolute Gasteiger partial charge is 0.472 e. The van der Waals surface area contributed by atoms with Gasteiger partial charge in [0.1, 0.15) is 11.3 Å². The van der Waals surface area contributed by atoms with E-state index < -0.39 is 11.9 Å². The minimum absolute atomic E-state index is 0.169. The van der Waals surface area contributed by atoms with E-state index in [1.807, 2.05) is 13.8 Å². The van der Waals surface area contributed by atoms with Gasteiger partial charge in [0.2, 0.25) is 0 Å². The predicted octanol–water partition coefficient (Wildman–Crippen LogP) is 4.17. The summed E-state index contributed by atoms with van der Waals surface area (Å²) < 4.78 is 43.8. The second-order valence-electron chi connectivity index (χ2n) is 4.83. The number of nitrogens with zero attached hydrogens (tertiary/aromatic N) is 1. The van der Waals surface area contributed by atoms with Gasteiger partial charge in [-0.3, -0.25) is 0 Å². The lowest BCUT2D eigenvalue weighted by atomic mass is 10.2. The van der Waals surface area contributed by atoms with Gasteiger partial charge in [-0.15, -0.1) is 11.3 Å². The molecule has 0 aromatic carbocycles. The molecule has 0 saturated heterocycles. The van der Waals surface area contributed by atoms with E-state index in [1.165, 1.54) is 12.5 Å². The van der Waals surface area contributed by atoms with Gasteiger partial charge in [0.25, 0.3) is 0 Å². The van der Waals surface area contributed by atoms with Crippen molar-refractivity contribution in [1.29, 1.82) is 0 Å². The molecule has 0 aliphatic heterocycles. The molecule has 0 saturated carbocycles. The first-order valence-corrected chi connectivity index (χ1v) is 6.99. The third kappa shape index (κ3) is 3.61. The number of furan rings is 1. The molecule has 0 fully saturated rings. The third-order valence-electron chi connectivity index (χ3n) is 2.57. The van der Waals surface area contributed by atoms with E-state index >= 15 is 0 Å². The molecule has 1 N–H and O–H groups in total. The van der Waals surface area contributed by atoms with Crippen LogP contribution in [0.1, 0.15) is 24.4 Å². The van der Waals surface area contributed by atoms with Crippen molar-refractivity contribution < 1.29 is 17.6 Å². The smallest absolute Gasteiger partial charge is 0.434 e. The highest BCUT2D eigenvalue weighted by molar-refractivity contribution is 7.15. The van der Waals surface area contributed by atoms with Gasteiger partial charge < -0.3 is 9.73 Å². The molecule has 0 unspecified atom stereocenters. The van der Waals surface area contributed by atoms with Crippen LogP contribution in [0.25, 0.3) is 10.6 Å².